The van der Waals surface area contributed by atoms with E-state index in [0.29, 0.717) is 0 Å². The minimum Gasteiger partial charge on any atom is -0.726 e. The van der Waals surface area contributed by atoms with Gasteiger partial charge in [-0.05, 0) is 24.1 Å². The molecule has 0 fully saturated rings. The Balaban J connectivity index is 0.000000232. The second kappa shape index (κ2) is 6.48. The quantitative estimate of drug-likeness (QED) is 0.364. The summed E-state index contributed by atoms with van der Waals surface area (Å²) in [5.41, 5.74) is 1.33. The van der Waals surface area contributed by atoms with Crippen LogP contribution in [0.15, 0.2) is 28.6 Å². The number of thiazole rings is 1. The third-order valence-electron chi connectivity index (χ3n) is 2.08. The van der Waals surface area contributed by atoms with E-state index in [1.54, 1.807) is 11.8 Å². The Morgan fingerprint density at radius 1 is 1.39 bits per heavy atom. The molecule has 1 heterocycles. The molecule has 0 aliphatic rings. The Bertz CT molecular complexity index is 621. The van der Waals surface area contributed by atoms with Gasteiger partial charge < -0.3 is 4.55 Å². The van der Waals surface area contributed by atoms with E-state index < -0.39 is 10.4 Å². The molecule has 0 aliphatic heterocycles. The Morgan fingerprint density at radius 2 is 1.94 bits per heavy atom. The van der Waals surface area contributed by atoms with Gasteiger partial charge in [0.1, 0.15) is 11.7 Å². The molecule has 8 heteroatoms. The number of thioether (sulfide) groups is 1. The average molecular weight is 307 g/mol. The van der Waals surface area contributed by atoms with Crippen LogP contribution in [0, 0.1) is 0 Å². The molecular formula is C10H13NO4S3. The van der Waals surface area contributed by atoms with E-state index in [1.165, 1.54) is 14.6 Å². The molecule has 1 aromatic heterocycles. The van der Waals surface area contributed by atoms with Crippen LogP contribution < -0.4 is 4.57 Å². The van der Waals surface area contributed by atoms with Crippen LogP contribution in [-0.2, 0) is 21.6 Å². The molecule has 2 rings (SSSR count). The summed E-state index contributed by atoms with van der Waals surface area (Å²) < 4.78 is 36.0. The van der Waals surface area contributed by atoms with E-state index in [2.05, 4.69) is 46.3 Å². The highest BCUT2D eigenvalue weighted by molar-refractivity contribution is 8.00. The number of rotatable bonds is 2. The molecule has 0 saturated heterocycles. The number of para-hydroxylation sites is 1. The van der Waals surface area contributed by atoms with Crippen LogP contribution in [0.3, 0.4) is 0 Å². The molecule has 0 radical (unpaired) electrons. The summed E-state index contributed by atoms with van der Waals surface area (Å²) in [6, 6.07) is 8.49. The smallest absolute Gasteiger partial charge is 0.297 e. The Hall–Kier alpha value is -0.670. The molecule has 0 spiro atoms. The van der Waals surface area contributed by atoms with Crippen molar-refractivity contribution in [2.45, 2.75) is 4.34 Å². The van der Waals surface area contributed by atoms with Gasteiger partial charge in [-0.15, -0.1) is 0 Å². The Morgan fingerprint density at radius 3 is 2.39 bits per heavy atom. The van der Waals surface area contributed by atoms with Crippen molar-refractivity contribution in [1.82, 2.24) is 0 Å². The zero-order chi connectivity index (χ0) is 13.8. The molecule has 0 saturated carbocycles. The van der Waals surface area contributed by atoms with Crippen molar-refractivity contribution in [3.05, 3.63) is 24.3 Å². The van der Waals surface area contributed by atoms with E-state index in [-0.39, 0.29) is 0 Å². The molecule has 0 N–H and O–H groups in total. The largest absolute Gasteiger partial charge is 0.726 e. The summed E-state index contributed by atoms with van der Waals surface area (Å²) in [6.45, 7) is 0. The van der Waals surface area contributed by atoms with Crippen molar-refractivity contribution in [3.63, 3.8) is 0 Å². The summed E-state index contributed by atoms with van der Waals surface area (Å²) in [6.07, 6.45) is 2.12. The first kappa shape index (κ1) is 15.4. The maximum Gasteiger partial charge on any atom is 0.297 e. The number of hydrogen-bond acceptors (Lipinski definition) is 6. The normalized spacial score (nSPS) is 11.1. The van der Waals surface area contributed by atoms with E-state index >= 15 is 0 Å². The van der Waals surface area contributed by atoms with Crippen LogP contribution in [-0.4, -0.2) is 26.3 Å². The molecule has 5 nitrogen and oxygen atoms in total. The molecule has 18 heavy (non-hydrogen) atoms. The molecule has 0 atom stereocenters. The minimum absolute atomic E-state index is 0.808. The number of aromatic nitrogens is 1. The molecule has 0 unspecified atom stereocenters. The third kappa shape index (κ3) is 4.21. The molecule has 0 bridgehead atoms. The lowest BCUT2D eigenvalue weighted by atomic mass is 10.3. The summed E-state index contributed by atoms with van der Waals surface area (Å²) in [7, 11) is -1.49. The average Bonchev–Trinajstić information content (AvgIpc) is 2.67. The molecular weight excluding hydrogens is 294 g/mol. The minimum atomic E-state index is -4.41. The van der Waals surface area contributed by atoms with Gasteiger partial charge in [0.25, 0.3) is 4.34 Å². The summed E-state index contributed by atoms with van der Waals surface area (Å²) >= 11 is 3.65. The van der Waals surface area contributed by atoms with Crippen molar-refractivity contribution >= 4 is 43.7 Å². The first-order valence-electron chi connectivity index (χ1n) is 4.82. The van der Waals surface area contributed by atoms with Crippen molar-refractivity contribution < 1.29 is 21.7 Å². The van der Waals surface area contributed by atoms with Gasteiger partial charge in [0.05, 0.1) is 7.11 Å². The van der Waals surface area contributed by atoms with Gasteiger partial charge in [0.2, 0.25) is 15.9 Å². The molecule has 0 aliphatic carbocycles. The highest BCUT2D eigenvalue weighted by atomic mass is 32.3. The predicted octanol–water partition coefficient (Wildman–Crippen LogP) is 1.54. The van der Waals surface area contributed by atoms with Crippen LogP contribution in [0.25, 0.3) is 10.2 Å². The van der Waals surface area contributed by atoms with Crippen molar-refractivity contribution in [2.24, 2.45) is 7.05 Å². The molecule has 0 amide bonds. The summed E-state index contributed by atoms with van der Waals surface area (Å²) in [5, 5.41) is 0. The van der Waals surface area contributed by atoms with Crippen LogP contribution in [0.5, 0.6) is 0 Å². The summed E-state index contributed by atoms with van der Waals surface area (Å²) in [5.74, 6) is 0. The van der Waals surface area contributed by atoms with Gasteiger partial charge in [-0.3, -0.25) is 4.18 Å². The fourth-order valence-corrected chi connectivity index (χ4v) is 3.11. The van der Waals surface area contributed by atoms with Gasteiger partial charge >= 0.3 is 0 Å². The van der Waals surface area contributed by atoms with Crippen LogP contribution >= 0.6 is 23.1 Å². The second-order valence-corrected chi connectivity index (χ2v) is 6.41. The topological polar surface area (TPSA) is 70.3 Å². The van der Waals surface area contributed by atoms with Crippen molar-refractivity contribution in [2.75, 3.05) is 13.4 Å². The molecule has 1 aromatic carbocycles. The number of benzene rings is 1. The standard InChI is InChI=1S/C9H10NS2.CH4O4S/c1-10-7-5-3-4-6-8(7)12-9(10)11-2;1-5-6(2,3)4/h3-6H,1-2H3;1H3,(H,2,3,4)/q+1;/p-1. The van der Waals surface area contributed by atoms with E-state index in [0.717, 1.165) is 7.11 Å². The third-order valence-corrected chi connectivity index (χ3v) is 4.87. The van der Waals surface area contributed by atoms with Crippen molar-refractivity contribution in [3.8, 4) is 0 Å². The lowest BCUT2D eigenvalue weighted by Gasteiger charge is -1.98. The van der Waals surface area contributed by atoms with Gasteiger partial charge in [-0.2, -0.15) is 4.57 Å². The fourth-order valence-electron chi connectivity index (χ4n) is 1.26. The first-order valence-corrected chi connectivity index (χ1v) is 8.19. The maximum absolute atomic E-state index is 9.22. The van der Waals surface area contributed by atoms with Gasteiger partial charge in [-0.1, -0.05) is 23.5 Å². The zero-order valence-corrected chi connectivity index (χ0v) is 12.6. The monoisotopic (exact) mass is 307 g/mol. The maximum atomic E-state index is 9.22. The lowest BCUT2D eigenvalue weighted by Crippen LogP contribution is -2.27. The highest BCUT2D eigenvalue weighted by Crippen LogP contribution is 2.25. The van der Waals surface area contributed by atoms with Gasteiger partial charge in [0.15, 0.2) is 0 Å². The van der Waals surface area contributed by atoms with Crippen LogP contribution in [0.4, 0.5) is 0 Å². The van der Waals surface area contributed by atoms with Crippen LogP contribution in [0.2, 0.25) is 0 Å². The molecule has 100 valence electrons. The van der Waals surface area contributed by atoms with Crippen LogP contribution in [0.1, 0.15) is 0 Å². The number of aryl methyl sites for hydroxylation is 1. The van der Waals surface area contributed by atoms with E-state index in [1.807, 2.05) is 11.3 Å². The lowest BCUT2D eigenvalue weighted by molar-refractivity contribution is -0.676. The van der Waals surface area contributed by atoms with E-state index in [9.17, 15) is 13.0 Å². The zero-order valence-electron chi connectivity index (χ0n) is 10.1. The van der Waals surface area contributed by atoms with E-state index in [4.69, 9.17) is 0 Å². The SMILES string of the molecule is COS(=O)(=O)[O-].CSc1sc2ccccc2[n+]1C. The number of nitrogens with zero attached hydrogens (tertiary/aromatic N) is 1. The Kier molecular flexibility index (Phi) is 5.54. The first-order chi connectivity index (χ1) is 8.39. The predicted molar refractivity (Wildman–Crippen MR) is 71.5 cm³/mol. The molecule has 2 aromatic rings. The van der Waals surface area contributed by atoms with Gasteiger partial charge in [0, 0.05) is 6.07 Å². The Labute approximate surface area is 114 Å². The fraction of sp³-hybridized carbons (Fsp3) is 0.300. The summed E-state index contributed by atoms with van der Waals surface area (Å²) in [4.78, 5) is 0. The number of fused-ring (bicyclic) bond motifs is 1. The second-order valence-electron chi connectivity index (χ2n) is 3.17. The number of hydrogen-bond donors (Lipinski definition) is 0. The highest BCUT2D eigenvalue weighted by Gasteiger charge is 2.14. The van der Waals surface area contributed by atoms with Gasteiger partial charge in [-0.25, -0.2) is 8.42 Å². The van der Waals surface area contributed by atoms with Crippen molar-refractivity contribution in [1.29, 1.82) is 0 Å².